The van der Waals surface area contributed by atoms with Crippen molar-refractivity contribution in [3.05, 3.63) is 72.3 Å². The van der Waals surface area contributed by atoms with Crippen molar-refractivity contribution in [2.24, 2.45) is 0 Å². The molecule has 0 aliphatic heterocycles. The molecule has 0 spiro atoms. The van der Waals surface area contributed by atoms with Gasteiger partial charge in [-0.05, 0) is 43.0 Å². The first kappa shape index (κ1) is 18.7. The second kappa shape index (κ2) is 9.57. The lowest BCUT2D eigenvalue weighted by atomic mass is 9.93. The number of anilines is 1. The lowest BCUT2D eigenvalue weighted by molar-refractivity contribution is -0.117. The number of hydrogen-bond acceptors (Lipinski definition) is 3. The van der Waals surface area contributed by atoms with Gasteiger partial charge in [0.05, 0.1) is 0 Å². The van der Waals surface area contributed by atoms with Crippen LogP contribution in [0, 0.1) is 0 Å². The van der Waals surface area contributed by atoms with Crippen LogP contribution in [0.1, 0.15) is 31.2 Å². The van der Waals surface area contributed by atoms with Crippen LogP contribution in [0.3, 0.4) is 0 Å². The molecule has 27 heavy (non-hydrogen) atoms. The molecule has 0 bridgehead atoms. The molecule has 0 unspecified atom stereocenters. The van der Waals surface area contributed by atoms with Gasteiger partial charge in [0.2, 0.25) is 5.91 Å². The summed E-state index contributed by atoms with van der Waals surface area (Å²) in [7, 11) is 0. The Bertz CT molecular complexity index is 775. The van der Waals surface area contributed by atoms with E-state index in [1.54, 1.807) is 12.2 Å². The number of hydrogen-bond donors (Lipinski definition) is 2. The van der Waals surface area contributed by atoms with E-state index < -0.39 is 6.09 Å². The van der Waals surface area contributed by atoms with Crippen LogP contribution in [0.5, 0.6) is 0 Å². The smallest absolute Gasteiger partial charge is 0.411 e. The van der Waals surface area contributed by atoms with Crippen molar-refractivity contribution in [1.29, 1.82) is 0 Å². The summed E-state index contributed by atoms with van der Waals surface area (Å²) >= 11 is 0. The van der Waals surface area contributed by atoms with Crippen molar-refractivity contribution >= 4 is 23.8 Å². The average molecular weight is 364 g/mol. The summed E-state index contributed by atoms with van der Waals surface area (Å²) in [6, 6.07) is 18.9. The molecule has 5 nitrogen and oxygen atoms in total. The Hall–Kier alpha value is -3.08. The first-order chi connectivity index (χ1) is 13.2. The average Bonchev–Trinajstić information content (AvgIpc) is 2.68. The number of carbonyl (C=O) groups excluding carboxylic acids is 2. The third-order valence-electron chi connectivity index (χ3n) is 4.49. The van der Waals surface area contributed by atoms with Gasteiger partial charge in [0.25, 0.3) is 0 Å². The van der Waals surface area contributed by atoms with Gasteiger partial charge in [-0.15, -0.1) is 0 Å². The third kappa shape index (κ3) is 6.29. The Morgan fingerprint density at radius 2 is 1.67 bits per heavy atom. The molecule has 1 aliphatic rings. The summed E-state index contributed by atoms with van der Waals surface area (Å²) in [6.45, 7) is 0. The fraction of sp³-hybridized carbons (Fsp3) is 0.273. The van der Waals surface area contributed by atoms with E-state index >= 15 is 0 Å². The normalized spacial score (nSPS) is 19.4. The van der Waals surface area contributed by atoms with Gasteiger partial charge in [-0.3, -0.25) is 10.1 Å². The lowest BCUT2D eigenvalue weighted by Crippen LogP contribution is -2.40. The number of nitrogens with one attached hydrogen (secondary N) is 2. The van der Waals surface area contributed by atoms with Crippen molar-refractivity contribution in [1.82, 2.24) is 5.32 Å². The van der Waals surface area contributed by atoms with Crippen LogP contribution in [0.15, 0.2) is 66.7 Å². The minimum atomic E-state index is -0.456. The van der Waals surface area contributed by atoms with Crippen LogP contribution >= 0.6 is 0 Å². The van der Waals surface area contributed by atoms with E-state index in [1.165, 1.54) is 0 Å². The quantitative estimate of drug-likeness (QED) is 0.774. The maximum Gasteiger partial charge on any atom is 0.411 e. The van der Waals surface area contributed by atoms with E-state index in [4.69, 9.17) is 4.74 Å². The molecule has 3 rings (SSSR count). The number of rotatable bonds is 5. The van der Waals surface area contributed by atoms with Gasteiger partial charge in [0, 0.05) is 24.2 Å². The van der Waals surface area contributed by atoms with Crippen molar-refractivity contribution in [2.45, 2.75) is 37.8 Å². The number of amides is 2. The first-order valence-corrected chi connectivity index (χ1v) is 9.25. The SMILES string of the molecule is O=C(/C=C/c1ccccc1)N[C@H]1CCC[C@@H](OC(=O)Nc2ccccc2)C1. The van der Waals surface area contributed by atoms with Crippen molar-refractivity contribution in [3.63, 3.8) is 0 Å². The van der Waals surface area contributed by atoms with Crippen LogP contribution in [0.2, 0.25) is 0 Å². The van der Waals surface area contributed by atoms with Crippen molar-refractivity contribution in [2.75, 3.05) is 5.32 Å². The van der Waals surface area contributed by atoms with E-state index in [2.05, 4.69) is 10.6 Å². The summed E-state index contributed by atoms with van der Waals surface area (Å²) in [4.78, 5) is 24.2. The van der Waals surface area contributed by atoms with Crippen LogP contribution in [0.4, 0.5) is 10.5 Å². The Morgan fingerprint density at radius 3 is 2.41 bits per heavy atom. The van der Waals surface area contributed by atoms with Gasteiger partial charge in [0.1, 0.15) is 6.10 Å². The largest absolute Gasteiger partial charge is 0.446 e. The molecule has 0 saturated heterocycles. The maximum atomic E-state index is 12.1. The van der Waals surface area contributed by atoms with Gasteiger partial charge >= 0.3 is 6.09 Å². The van der Waals surface area contributed by atoms with E-state index in [0.717, 1.165) is 24.8 Å². The fourth-order valence-corrected chi connectivity index (χ4v) is 3.19. The zero-order valence-corrected chi connectivity index (χ0v) is 15.1. The molecule has 5 heteroatoms. The van der Waals surface area contributed by atoms with Crippen LogP contribution in [-0.4, -0.2) is 24.1 Å². The lowest BCUT2D eigenvalue weighted by Gasteiger charge is -2.29. The highest BCUT2D eigenvalue weighted by Gasteiger charge is 2.25. The first-order valence-electron chi connectivity index (χ1n) is 9.25. The minimum absolute atomic E-state index is 0.0150. The summed E-state index contributed by atoms with van der Waals surface area (Å²) in [5.41, 5.74) is 1.68. The fourth-order valence-electron chi connectivity index (χ4n) is 3.19. The number of ether oxygens (including phenoxy) is 1. The van der Waals surface area contributed by atoms with Gasteiger partial charge < -0.3 is 10.1 Å². The van der Waals surface area contributed by atoms with Gasteiger partial charge in [-0.2, -0.15) is 0 Å². The highest BCUT2D eigenvalue weighted by molar-refractivity contribution is 5.91. The van der Waals surface area contributed by atoms with E-state index in [1.807, 2.05) is 60.7 Å². The summed E-state index contributed by atoms with van der Waals surface area (Å²) in [5, 5.41) is 5.73. The van der Waals surface area contributed by atoms with Gasteiger partial charge in [-0.25, -0.2) is 4.79 Å². The van der Waals surface area contributed by atoms with Gasteiger partial charge in [0.15, 0.2) is 0 Å². The molecule has 2 aromatic carbocycles. The van der Waals surface area contributed by atoms with E-state index in [-0.39, 0.29) is 18.1 Å². The van der Waals surface area contributed by atoms with Crippen LogP contribution in [0.25, 0.3) is 6.08 Å². The highest BCUT2D eigenvalue weighted by atomic mass is 16.6. The van der Waals surface area contributed by atoms with Crippen molar-refractivity contribution in [3.8, 4) is 0 Å². The van der Waals surface area contributed by atoms with Crippen LogP contribution in [-0.2, 0) is 9.53 Å². The highest BCUT2D eigenvalue weighted by Crippen LogP contribution is 2.22. The number of para-hydroxylation sites is 1. The zero-order valence-electron chi connectivity index (χ0n) is 15.1. The molecule has 1 saturated carbocycles. The van der Waals surface area contributed by atoms with E-state index in [0.29, 0.717) is 12.1 Å². The van der Waals surface area contributed by atoms with Gasteiger partial charge in [-0.1, -0.05) is 48.5 Å². The Labute approximate surface area is 159 Å². The minimum Gasteiger partial charge on any atom is -0.446 e. The summed E-state index contributed by atoms with van der Waals surface area (Å²) in [5.74, 6) is -0.127. The molecule has 2 N–H and O–H groups in total. The molecule has 1 fully saturated rings. The summed E-state index contributed by atoms with van der Waals surface area (Å²) < 4.78 is 5.52. The van der Waals surface area contributed by atoms with Crippen molar-refractivity contribution < 1.29 is 14.3 Å². The van der Waals surface area contributed by atoms with E-state index in [9.17, 15) is 9.59 Å². The zero-order chi connectivity index (χ0) is 18.9. The molecule has 0 radical (unpaired) electrons. The molecular weight excluding hydrogens is 340 g/mol. The molecule has 2 amide bonds. The predicted octanol–water partition coefficient (Wildman–Crippen LogP) is 4.38. The molecular formula is C22H24N2O3. The Balaban J connectivity index is 1.45. The second-order valence-electron chi connectivity index (χ2n) is 6.63. The molecule has 2 aromatic rings. The predicted molar refractivity (Wildman–Crippen MR) is 106 cm³/mol. The maximum absolute atomic E-state index is 12.1. The molecule has 2 atom stereocenters. The molecule has 140 valence electrons. The molecule has 0 aromatic heterocycles. The molecule has 0 heterocycles. The second-order valence-corrected chi connectivity index (χ2v) is 6.63. The topological polar surface area (TPSA) is 67.4 Å². The molecule has 1 aliphatic carbocycles. The number of benzene rings is 2. The number of carbonyl (C=O) groups is 2. The standard InChI is InChI=1S/C22H24N2O3/c25-21(15-14-17-8-3-1-4-9-17)23-19-12-7-13-20(16-19)27-22(26)24-18-10-5-2-6-11-18/h1-6,8-11,14-15,19-20H,7,12-13,16H2,(H,23,25)(H,24,26)/b15-14+/t19-,20+/m0/s1. The third-order valence-corrected chi connectivity index (χ3v) is 4.49. The van der Waals surface area contributed by atoms with Crippen LogP contribution < -0.4 is 10.6 Å². The monoisotopic (exact) mass is 364 g/mol. The Morgan fingerprint density at radius 1 is 0.963 bits per heavy atom. The summed E-state index contributed by atoms with van der Waals surface area (Å²) in [6.07, 6.45) is 5.94. The Kier molecular flexibility index (Phi) is 6.63.